The third-order valence-electron chi connectivity index (χ3n) is 1.68. The number of nitrogens with zero attached hydrogens (tertiary/aromatic N) is 1. The van der Waals surface area contributed by atoms with Crippen molar-refractivity contribution in [2.75, 3.05) is 10.5 Å². The quantitative estimate of drug-likeness (QED) is 0.583. The number of nitrogens with one attached hydrogen (secondary N) is 1. The molecule has 9 heteroatoms. The molecular weight excluding hydrogens is 252 g/mol. The highest BCUT2D eigenvalue weighted by molar-refractivity contribution is 7.93. The molecule has 0 unspecified atom stereocenters. The number of aliphatic carboxylic acids is 1. The monoisotopic (exact) mass is 260 g/mol. The lowest BCUT2D eigenvalue weighted by molar-refractivity contribution is -0.383. The van der Waals surface area contributed by atoms with Crippen LogP contribution in [0.3, 0.4) is 0 Å². The van der Waals surface area contributed by atoms with E-state index in [4.69, 9.17) is 5.11 Å². The number of para-hydroxylation sites is 2. The van der Waals surface area contributed by atoms with Crippen LogP contribution in [0.4, 0.5) is 11.4 Å². The summed E-state index contributed by atoms with van der Waals surface area (Å²) in [6.45, 7) is 0. The first-order valence-electron chi connectivity index (χ1n) is 4.27. The van der Waals surface area contributed by atoms with Crippen LogP contribution in [0.25, 0.3) is 0 Å². The van der Waals surface area contributed by atoms with Crippen molar-refractivity contribution in [1.29, 1.82) is 0 Å². The Balaban J connectivity index is 3.04. The molecule has 0 aromatic heterocycles. The van der Waals surface area contributed by atoms with Gasteiger partial charge in [-0.3, -0.25) is 19.6 Å². The summed E-state index contributed by atoms with van der Waals surface area (Å²) in [7, 11) is -4.14. The van der Waals surface area contributed by atoms with Crippen LogP contribution >= 0.6 is 0 Å². The van der Waals surface area contributed by atoms with Crippen molar-refractivity contribution in [2.45, 2.75) is 0 Å². The molecule has 17 heavy (non-hydrogen) atoms. The minimum absolute atomic E-state index is 0.265. The zero-order valence-electron chi connectivity index (χ0n) is 8.36. The number of carbonyl (C=O) groups is 1. The van der Waals surface area contributed by atoms with Crippen LogP contribution in [0.5, 0.6) is 0 Å². The summed E-state index contributed by atoms with van der Waals surface area (Å²) in [6.07, 6.45) is 0. The minimum Gasteiger partial charge on any atom is -0.480 e. The normalized spacial score (nSPS) is 10.8. The molecule has 0 bridgehead atoms. The summed E-state index contributed by atoms with van der Waals surface area (Å²) >= 11 is 0. The molecule has 0 aliphatic carbocycles. The number of rotatable bonds is 5. The summed E-state index contributed by atoms with van der Waals surface area (Å²) in [5, 5.41) is 18.9. The Morgan fingerprint density at radius 3 is 2.53 bits per heavy atom. The lowest BCUT2D eigenvalue weighted by Gasteiger charge is -2.05. The number of carboxylic acids is 1. The lowest BCUT2D eigenvalue weighted by Crippen LogP contribution is -2.22. The first-order valence-corrected chi connectivity index (χ1v) is 5.93. The van der Waals surface area contributed by atoms with Gasteiger partial charge in [0.25, 0.3) is 5.69 Å². The standard InChI is InChI=1S/C8H8N2O6S/c11-8(12)5-17(15,16)9-6-3-1-2-4-7(6)10(13)14/h1-4,9H,5H2,(H,11,12). The van der Waals surface area contributed by atoms with Crippen molar-refractivity contribution < 1.29 is 23.2 Å². The number of benzene rings is 1. The molecular formula is C8H8N2O6S. The molecule has 0 saturated carbocycles. The van der Waals surface area contributed by atoms with E-state index in [1.54, 1.807) is 0 Å². The van der Waals surface area contributed by atoms with E-state index < -0.39 is 32.4 Å². The van der Waals surface area contributed by atoms with Crippen LogP contribution in [-0.4, -0.2) is 30.2 Å². The van der Waals surface area contributed by atoms with Crippen LogP contribution < -0.4 is 4.72 Å². The SMILES string of the molecule is O=C(O)CS(=O)(=O)Nc1ccccc1[N+](=O)[O-]. The molecule has 0 spiro atoms. The van der Waals surface area contributed by atoms with Gasteiger partial charge in [-0.05, 0) is 6.07 Å². The van der Waals surface area contributed by atoms with Gasteiger partial charge in [0, 0.05) is 6.07 Å². The third-order valence-corrected chi connectivity index (χ3v) is 2.84. The summed E-state index contributed by atoms with van der Waals surface area (Å²) in [4.78, 5) is 20.1. The van der Waals surface area contributed by atoms with Crippen molar-refractivity contribution in [3.05, 3.63) is 34.4 Å². The number of nitro benzene ring substituents is 1. The summed E-state index contributed by atoms with van der Waals surface area (Å²) in [6, 6.07) is 5.05. The molecule has 0 aliphatic heterocycles. The van der Waals surface area contributed by atoms with E-state index in [0.29, 0.717) is 0 Å². The van der Waals surface area contributed by atoms with Gasteiger partial charge in [0.1, 0.15) is 5.69 Å². The van der Waals surface area contributed by atoms with E-state index in [1.807, 2.05) is 4.72 Å². The Kier molecular flexibility index (Phi) is 3.63. The highest BCUT2D eigenvalue weighted by atomic mass is 32.2. The van der Waals surface area contributed by atoms with Crippen LogP contribution in [-0.2, 0) is 14.8 Å². The largest absolute Gasteiger partial charge is 0.480 e. The van der Waals surface area contributed by atoms with Gasteiger partial charge < -0.3 is 5.11 Å². The molecule has 0 heterocycles. The predicted octanol–water partition coefficient (Wildman–Crippen LogP) is 0.421. The first kappa shape index (κ1) is 12.9. The van der Waals surface area contributed by atoms with Crippen LogP contribution in [0.15, 0.2) is 24.3 Å². The maximum Gasteiger partial charge on any atom is 0.320 e. The zero-order valence-corrected chi connectivity index (χ0v) is 9.18. The smallest absolute Gasteiger partial charge is 0.320 e. The average molecular weight is 260 g/mol. The molecule has 92 valence electrons. The molecule has 1 rings (SSSR count). The third kappa shape index (κ3) is 3.72. The van der Waals surface area contributed by atoms with Crippen molar-refractivity contribution in [1.82, 2.24) is 0 Å². The maximum absolute atomic E-state index is 11.3. The van der Waals surface area contributed by atoms with Gasteiger partial charge in [-0.15, -0.1) is 0 Å². The number of hydrogen-bond acceptors (Lipinski definition) is 5. The zero-order chi connectivity index (χ0) is 13.1. The van der Waals surface area contributed by atoms with Gasteiger partial charge in [0.15, 0.2) is 5.75 Å². The second-order valence-electron chi connectivity index (χ2n) is 3.03. The Bertz CT molecular complexity index is 553. The molecule has 0 saturated heterocycles. The van der Waals surface area contributed by atoms with Crippen molar-refractivity contribution in [3.8, 4) is 0 Å². The minimum atomic E-state index is -4.14. The fraction of sp³-hybridized carbons (Fsp3) is 0.125. The van der Waals surface area contributed by atoms with Crippen LogP contribution in [0.1, 0.15) is 0 Å². The topological polar surface area (TPSA) is 127 Å². The summed E-state index contributed by atoms with van der Waals surface area (Å²) in [5.41, 5.74) is -0.708. The van der Waals surface area contributed by atoms with Gasteiger partial charge >= 0.3 is 5.97 Å². The van der Waals surface area contributed by atoms with Gasteiger partial charge in [-0.25, -0.2) is 8.42 Å². The molecule has 8 nitrogen and oxygen atoms in total. The van der Waals surface area contributed by atoms with Gasteiger partial charge in [0.2, 0.25) is 10.0 Å². The Hall–Kier alpha value is -2.16. The van der Waals surface area contributed by atoms with Crippen molar-refractivity contribution in [2.24, 2.45) is 0 Å². The molecule has 1 aromatic rings. The molecule has 2 N–H and O–H groups in total. The van der Waals surface area contributed by atoms with Gasteiger partial charge in [-0.2, -0.15) is 0 Å². The van der Waals surface area contributed by atoms with Crippen LogP contribution in [0.2, 0.25) is 0 Å². The van der Waals surface area contributed by atoms with Gasteiger partial charge in [0.05, 0.1) is 4.92 Å². The number of nitro groups is 1. The highest BCUT2D eigenvalue weighted by Crippen LogP contribution is 2.24. The second kappa shape index (κ2) is 4.78. The van der Waals surface area contributed by atoms with E-state index in [2.05, 4.69) is 0 Å². The Morgan fingerprint density at radius 2 is 2.00 bits per heavy atom. The summed E-state index contributed by atoms with van der Waals surface area (Å²) < 4.78 is 24.4. The molecule has 1 aromatic carbocycles. The molecule has 0 atom stereocenters. The number of hydrogen-bond donors (Lipinski definition) is 2. The van der Waals surface area contributed by atoms with E-state index in [-0.39, 0.29) is 5.69 Å². The molecule has 0 fully saturated rings. The Morgan fingerprint density at radius 1 is 1.41 bits per heavy atom. The summed E-state index contributed by atoms with van der Waals surface area (Å²) in [5.74, 6) is -2.70. The predicted molar refractivity (Wildman–Crippen MR) is 58.1 cm³/mol. The lowest BCUT2D eigenvalue weighted by atomic mass is 10.3. The Labute approximate surface area is 96.1 Å². The molecule has 0 radical (unpaired) electrons. The number of carboxylic acid groups (broad SMARTS) is 1. The first-order chi connectivity index (χ1) is 7.82. The van der Waals surface area contributed by atoms with E-state index in [1.165, 1.54) is 18.2 Å². The van der Waals surface area contributed by atoms with Crippen molar-refractivity contribution in [3.63, 3.8) is 0 Å². The second-order valence-corrected chi connectivity index (χ2v) is 4.75. The highest BCUT2D eigenvalue weighted by Gasteiger charge is 2.20. The number of anilines is 1. The van der Waals surface area contributed by atoms with E-state index in [9.17, 15) is 23.3 Å². The average Bonchev–Trinajstić information content (AvgIpc) is 2.14. The van der Waals surface area contributed by atoms with E-state index in [0.717, 1.165) is 6.07 Å². The number of sulfonamides is 1. The van der Waals surface area contributed by atoms with Crippen molar-refractivity contribution >= 4 is 27.4 Å². The molecule has 0 aliphatic rings. The van der Waals surface area contributed by atoms with E-state index >= 15 is 0 Å². The van der Waals surface area contributed by atoms with Gasteiger partial charge in [-0.1, -0.05) is 12.1 Å². The molecule has 0 amide bonds. The maximum atomic E-state index is 11.3. The fourth-order valence-corrected chi connectivity index (χ4v) is 1.99. The fourth-order valence-electron chi connectivity index (χ4n) is 1.09. The van der Waals surface area contributed by atoms with Crippen LogP contribution in [0, 0.1) is 10.1 Å².